The number of aromatic nitrogens is 1. The highest BCUT2D eigenvalue weighted by atomic mass is 16.5. The molecule has 0 unspecified atom stereocenters. The van der Waals surface area contributed by atoms with Crippen molar-refractivity contribution < 1.29 is 4.74 Å². The molecule has 0 spiro atoms. The van der Waals surface area contributed by atoms with Crippen molar-refractivity contribution >= 4 is 0 Å². The Bertz CT molecular complexity index is 597. The molecule has 1 aliphatic heterocycles. The van der Waals surface area contributed by atoms with Gasteiger partial charge >= 0.3 is 0 Å². The van der Waals surface area contributed by atoms with Crippen LogP contribution in [0.25, 0.3) is 0 Å². The molecule has 0 amide bonds. The maximum atomic E-state index is 5.92. The molecule has 1 atom stereocenters. The zero-order valence-corrected chi connectivity index (χ0v) is 13.4. The van der Waals surface area contributed by atoms with Crippen LogP contribution in [0.2, 0.25) is 0 Å². The van der Waals surface area contributed by atoms with E-state index in [4.69, 9.17) is 4.74 Å². The van der Waals surface area contributed by atoms with E-state index in [-0.39, 0.29) is 6.10 Å². The number of pyridine rings is 1. The minimum absolute atomic E-state index is 0.151. The van der Waals surface area contributed by atoms with Crippen molar-refractivity contribution in [3.05, 3.63) is 59.8 Å². The second-order valence-corrected chi connectivity index (χ2v) is 6.18. The monoisotopic (exact) mass is 296 g/mol. The Hall–Kier alpha value is -1.87. The minimum Gasteiger partial charge on any atom is -0.475 e. The normalized spacial score (nSPS) is 18.8. The van der Waals surface area contributed by atoms with Gasteiger partial charge in [-0.25, -0.2) is 4.98 Å². The van der Waals surface area contributed by atoms with Gasteiger partial charge in [-0.15, -0.1) is 0 Å². The van der Waals surface area contributed by atoms with Crippen LogP contribution in [0.1, 0.15) is 43.9 Å². The Balaban J connectivity index is 1.81. The van der Waals surface area contributed by atoms with Gasteiger partial charge in [-0.1, -0.05) is 36.4 Å². The number of rotatable bonds is 5. The molecule has 0 N–H and O–H groups in total. The van der Waals surface area contributed by atoms with Gasteiger partial charge in [-0.2, -0.15) is 0 Å². The van der Waals surface area contributed by atoms with Gasteiger partial charge in [0.25, 0.3) is 0 Å². The molecular formula is C19H24N2O. The fourth-order valence-electron chi connectivity index (χ4n) is 3.16. The van der Waals surface area contributed by atoms with Gasteiger partial charge in [-0.3, -0.25) is 4.90 Å². The van der Waals surface area contributed by atoms with Crippen LogP contribution in [0, 0.1) is 0 Å². The summed E-state index contributed by atoms with van der Waals surface area (Å²) in [6.07, 6.45) is 4.37. The summed E-state index contributed by atoms with van der Waals surface area (Å²) >= 11 is 0. The van der Waals surface area contributed by atoms with Crippen LogP contribution < -0.4 is 4.74 Å². The summed E-state index contributed by atoms with van der Waals surface area (Å²) in [4.78, 5) is 7.00. The predicted octanol–water partition coefficient (Wildman–Crippen LogP) is 4.21. The van der Waals surface area contributed by atoms with Crippen molar-refractivity contribution in [3.63, 3.8) is 0 Å². The molecule has 1 saturated heterocycles. The Kier molecular flexibility index (Phi) is 4.74. The Morgan fingerprint density at radius 2 is 2.00 bits per heavy atom. The first-order chi connectivity index (χ1) is 10.7. The highest BCUT2D eigenvalue weighted by Gasteiger charge is 2.28. The molecule has 0 saturated carbocycles. The second-order valence-electron chi connectivity index (χ2n) is 6.18. The van der Waals surface area contributed by atoms with E-state index in [9.17, 15) is 0 Å². The third-order valence-electron chi connectivity index (χ3n) is 4.10. The minimum atomic E-state index is 0.151. The van der Waals surface area contributed by atoms with Crippen molar-refractivity contribution in [2.75, 3.05) is 6.54 Å². The fourth-order valence-corrected chi connectivity index (χ4v) is 3.16. The first kappa shape index (κ1) is 15.0. The van der Waals surface area contributed by atoms with Gasteiger partial charge in [0.2, 0.25) is 5.88 Å². The number of hydrogen-bond donors (Lipinski definition) is 0. The lowest BCUT2D eigenvalue weighted by molar-refractivity contribution is 0.209. The van der Waals surface area contributed by atoms with Crippen LogP contribution in [-0.4, -0.2) is 22.5 Å². The second kappa shape index (κ2) is 6.93. The average molecular weight is 296 g/mol. The van der Waals surface area contributed by atoms with Crippen LogP contribution in [0.3, 0.4) is 0 Å². The summed E-state index contributed by atoms with van der Waals surface area (Å²) in [5.41, 5.74) is 2.59. The van der Waals surface area contributed by atoms with Crippen LogP contribution in [0.15, 0.2) is 48.7 Å². The summed E-state index contributed by atoms with van der Waals surface area (Å²) < 4.78 is 5.92. The number of hydrogen-bond acceptors (Lipinski definition) is 3. The van der Waals surface area contributed by atoms with Gasteiger partial charge < -0.3 is 4.74 Å². The van der Waals surface area contributed by atoms with E-state index in [0.29, 0.717) is 6.04 Å². The third-order valence-corrected chi connectivity index (χ3v) is 4.10. The molecule has 2 heterocycles. The summed E-state index contributed by atoms with van der Waals surface area (Å²) in [5.74, 6) is 0.794. The number of ether oxygens (including phenoxy) is 1. The summed E-state index contributed by atoms with van der Waals surface area (Å²) in [5, 5.41) is 0. The maximum Gasteiger partial charge on any atom is 0.218 e. The Morgan fingerprint density at radius 1 is 1.18 bits per heavy atom. The van der Waals surface area contributed by atoms with Crippen LogP contribution in [0.4, 0.5) is 0 Å². The van der Waals surface area contributed by atoms with Gasteiger partial charge in [0.05, 0.1) is 6.10 Å². The zero-order chi connectivity index (χ0) is 15.4. The van der Waals surface area contributed by atoms with Gasteiger partial charge in [0, 0.05) is 24.3 Å². The topological polar surface area (TPSA) is 25.4 Å². The molecular weight excluding hydrogens is 272 g/mol. The molecule has 1 aliphatic rings. The van der Waals surface area contributed by atoms with Gasteiger partial charge in [-0.05, 0) is 44.9 Å². The summed E-state index contributed by atoms with van der Waals surface area (Å²) in [6, 6.07) is 15.3. The molecule has 22 heavy (non-hydrogen) atoms. The lowest BCUT2D eigenvalue weighted by Gasteiger charge is -2.26. The predicted molar refractivity (Wildman–Crippen MR) is 88.8 cm³/mol. The molecule has 1 aromatic heterocycles. The average Bonchev–Trinajstić information content (AvgIpc) is 2.96. The lowest BCUT2D eigenvalue weighted by atomic mass is 10.1. The van der Waals surface area contributed by atoms with Crippen LogP contribution in [-0.2, 0) is 6.54 Å². The van der Waals surface area contributed by atoms with E-state index >= 15 is 0 Å². The van der Waals surface area contributed by atoms with Crippen molar-refractivity contribution in [1.29, 1.82) is 0 Å². The molecule has 116 valence electrons. The van der Waals surface area contributed by atoms with E-state index < -0.39 is 0 Å². The summed E-state index contributed by atoms with van der Waals surface area (Å²) in [6.45, 7) is 6.22. The molecule has 0 bridgehead atoms. The fraction of sp³-hybridized carbons (Fsp3) is 0.421. The third kappa shape index (κ3) is 3.47. The number of nitrogens with zero attached hydrogens (tertiary/aromatic N) is 2. The molecule has 0 radical (unpaired) electrons. The van der Waals surface area contributed by atoms with Gasteiger partial charge in [0.15, 0.2) is 0 Å². The SMILES string of the molecule is CC(C)Oc1ncccc1[C@H]1CCCN1Cc1ccccc1. The molecule has 0 aliphatic carbocycles. The highest BCUT2D eigenvalue weighted by Crippen LogP contribution is 2.37. The van der Waals surface area contributed by atoms with E-state index in [1.54, 1.807) is 0 Å². The van der Waals surface area contributed by atoms with E-state index in [1.807, 2.05) is 12.3 Å². The van der Waals surface area contributed by atoms with Crippen LogP contribution >= 0.6 is 0 Å². The smallest absolute Gasteiger partial charge is 0.218 e. The van der Waals surface area contributed by atoms with E-state index in [2.05, 4.69) is 60.1 Å². The van der Waals surface area contributed by atoms with Crippen molar-refractivity contribution in [2.24, 2.45) is 0 Å². The standard InChI is InChI=1S/C19H24N2O/c1-15(2)22-19-17(10-6-12-20-19)18-11-7-13-21(18)14-16-8-4-3-5-9-16/h3-6,8-10,12,15,18H,7,11,13-14H2,1-2H3/t18-/m1/s1. The van der Waals surface area contributed by atoms with E-state index in [0.717, 1.165) is 19.0 Å². The lowest BCUT2D eigenvalue weighted by Crippen LogP contribution is -2.24. The number of likely N-dealkylation sites (tertiary alicyclic amines) is 1. The molecule has 3 nitrogen and oxygen atoms in total. The molecule has 3 rings (SSSR count). The molecule has 3 heteroatoms. The summed E-state index contributed by atoms with van der Waals surface area (Å²) in [7, 11) is 0. The molecule has 1 fully saturated rings. The molecule has 2 aromatic rings. The largest absolute Gasteiger partial charge is 0.475 e. The maximum absolute atomic E-state index is 5.92. The quantitative estimate of drug-likeness (QED) is 0.826. The van der Waals surface area contributed by atoms with E-state index in [1.165, 1.54) is 24.0 Å². The van der Waals surface area contributed by atoms with Crippen molar-refractivity contribution in [2.45, 2.75) is 45.4 Å². The van der Waals surface area contributed by atoms with Gasteiger partial charge in [0.1, 0.15) is 0 Å². The van der Waals surface area contributed by atoms with Crippen LogP contribution in [0.5, 0.6) is 5.88 Å². The Morgan fingerprint density at radius 3 is 2.77 bits per heavy atom. The molecule has 1 aromatic carbocycles. The first-order valence-electron chi connectivity index (χ1n) is 8.13. The first-order valence-corrected chi connectivity index (χ1v) is 8.13. The highest BCUT2D eigenvalue weighted by molar-refractivity contribution is 5.30. The van der Waals surface area contributed by atoms with Crippen molar-refractivity contribution in [3.8, 4) is 5.88 Å². The number of benzene rings is 1. The zero-order valence-electron chi connectivity index (χ0n) is 13.4. The Labute approximate surface area is 132 Å². The van der Waals surface area contributed by atoms with Crippen molar-refractivity contribution in [1.82, 2.24) is 9.88 Å².